The zero-order chi connectivity index (χ0) is 12.9. The fourth-order valence-electron chi connectivity index (χ4n) is 2.11. The summed E-state index contributed by atoms with van der Waals surface area (Å²) in [5.41, 5.74) is -0.173. The molecule has 3 heteroatoms. The van der Waals surface area contributed by atoms with Crippen LogP contribution in [0.1, 0.15) is 32.8 Å². The van der Waals surface area contributed by atoms with E-state index < -0.39 is 11.5 Å². The van der Waals surface area contributed by atoms with Gasteiger partial charge in [0.05, 0.1) is 0 Å². The van der Waals surface area contributed by atoms with E-state index in [0.29, 0.717) is 6.54 Å². The van der Waals surface area contributed by atoms with E-state index in [0.717, 1.165) is 12.0 Å². The molecular formula is C14H21NO2. The molecule has 3 nitrogen and oxygen atoms in total. The molecule has 0 amide bonds. The molecule has 0 radical (unpaired) electrons. The van der Waals surface area contributed by atoms with E-state index in [2.05, 4.69) is 5.32 Å². The Hall–Kier alpha value is -1.35. The van der Waals surface area contributed by atoms with Crippen LogP contribution in [-0.4, -0.2) is 17.6 Å². The molecular weight excluding hydrogens is 214 g/mol. The molecule has 0 aliphatic carbocycles. The van der Waals surface area contributed by atoms with Crippen molar-refractivity contribution in [3.05, 3.63) is 35.9 Å². The van der Waals surface area contributed by atoms with Gasteiger partial charge in [-0.25, -0.2) is 4.79 Å². The summed E-state index contributed by atoms with van der Waals surface area (Å²) >= 11 is 0. The van der Waals surface area contributed by atoms with Gasteiger partial charge in [0.15, 0.2) is 0 Å². The van der Waals surface area contributed by atoms with Gasteiger partial charge in [-0.15, -0.1) is 0 Å². The summed E-state index contributed by atoms with van der Waals surface area (Å²) in [6, 6.07) is 9.40. The van der Waals surface area contributed by atoms with Crippen LogP contribution in [0.2, 0.25) is 0 Å². The Balaban J connectivity index is 3.20. The van der Waals surface area contributed by atoms with Crippen molar-refractivity contribution in [2.45, 2.75) is 32.7 Å². The molecule has 1 rings (SSSR count). The highest BCUT2D eigenvalue weighted by molar-refractivity contribution is 5.81. The lowest BCUT2D eigenvalue weighted by Crippen LogP contribution is -2.53. The summed E-state index contributed by atoms with van der Waals surface area (Å²) in [7, 11) is 0. The van der Waals surface area contributed by atoms with Crippen LogP contribution in [0.25, 0.3) is 0 Å². The lowest BCUT2D eigenvalue weighted by molar-refractivity contribution is -0.147. The third kappa shape index (κ3) is 2.67. The Labute approximate surface area is 103 Å². The predicted octanol–water partition coefficient (Wildman–Crippen LogP) is 2.62. The van der Waals surface area contributed by atoms with E-state index in [1.54, 1.807) is 0 Å². The number of aliphatic carboxylic acids is 1. The zero-order valence-corrected chi connectivity index (χ0v) is 10.7. The first-order valence-corrected chi connectivity index (χ1v) is 6.09. The number of carbonyl (C=O) groups is 1. The molecule has 1 aromatic carbocycles. The molecule has 0 bridgehead atoms. The summed E-state index contributed by atoms with van der Waals surface area (Å²) < 4.78 is 0. The van der Waals surface area contributed by atoms with Crippen LogP contribution in [-0.2, 0) is 10.3 Å². The molecule has 0 saturated carbocycles. The van der Waals surface area contributed by atoms with Gasteiger partial charge in [0.25, 0.3) is 0 Å². The van der Waals surface area contributed by atoms with E-state index >= 15 is 0 Å². The number of carboxylic acid groups (broad SMARTS) is 1. The lowest BCUT2D eigenvalue weighted by Gasteiger charge is -2.35. The first-order chi connectivity index (χ1) is 8.05. The quantitative estimate of drug-likeness (QED) is 0.797. The molecule has 0 heterocycles. The Morgan fingerprint density at radius 3 is 2.35 bits per heavy atom. The van der Waals surface area contributed by atoms with Crippen LogP contribution in [0.5, 0.6) is 0 Å². The second-order valence-electron chi connectivity index (χ2n) is 4.56. The molecule has 0 saturated heterocycles. The van der Waals surface area contributed by atoms with Gasteiger partial charge >= 0.3 is 5.97 Å². The van der Waals surface area contributed by atoms with Gasteiger partial charge < -0.3 is 5.11 Å². The van der Waals surface area contributed by atoms with Crippen molar-refractivity contribution in [1.29, 1.82) is 0 Å². The van der Waals surface area contributed by atoms with E-state index in [1.165, 1.54) is 0 Å². The van der Waals surface area contributed by atoms with Gasteiger partial charge in [0.1, 0.15) is 5.54 Å². The fourth-order valence-corrected chi connectivity index (χ4v) is 2.11. The molecule has 94 valence electrons. The van der Waals surface area contributed by atoms with Gasteiger partial charge in [-0.3, -0.25) is 5.32 Å². The number of benzene rings is 1. The van der Waals surface area contributed by atoms with Crippen molar-refractivity contribution in [2.75, 3.05) is 6.54 Å². The number of hydrogen-bond donors (Lipinski definition) is 2. The average molecular weight is 235 g/mol. The topological polar surface area (TPSA) is 49.3 Å². The number of nitrogens with one attached hydrogen (secondary N) is 1. The second kappa shape index (κ2) is 5.82. The average Bonchev–Trinajstić information content (AvgIpc) is 2.30. The summed E-state index contributed by atoms with van der Waals surface area (Å²) in [4.78, 5) is 11.7. The van der Waals surface area contributed by atoms with Crippen LogP contribution in [0.4, 0.5) is 0 Å². The fraction of sp³-hybridized carbons (Fsp3) is 0.500. The van der Waals surface area contributed by atoms with Gasteiger partial charge in [0, 0.05) is 0 Å². The molecule has 2 N–H and O–H groups in total. The molecule has 0 aliphatic heterocycles. The minimum atomic E-state index is -0.989. The van der Waals surface area contributed by atoms with Crippen molar-refractivity contribution in [3.8, 4) is 0 Å². The van der Waals surface area contributed by atoms with E-state index in [-0.39, 0.29) is 5.92 Å². The third-order valence-electron chi connectivity index (χ3n) is 3.09. The Morgan fingerprint density at radius 2 is 1.94 bits per heavy atom. The Morgan fingerprint density at radius 1 is 1.35 bits per heavy atom. The highest BCUT2D eigenvalue weighted by Crippen LogP contribution is 2.30. The Kier molecular flexibility index (Phi) is 4.70. The highest BCUT2D eigenvalue weighted by Gasteiger charge is 2.42. The molecule has 17 heavy (non-hydrogen) atoms. The molecule has 0 spiro atoms. The SMILES string of the molecule is CCCNC(C(=O)O)(c1ccccc1)C(C)C. The summed E-state index contributed by atoms with van der Waals surface area (Å²) in [6.07, 6.45) is 0.911. The monoisotopic (exact) mass is 235 g/mol. The number of carboxylic acids is 1. The summed E-state index contributed by atoms with van der Waals surface area (Å²) in [5.74, 6) is -0.832. The lowest BCUT2D eigenvalue weighted by atomic mass is 9.79. The molecule has 1 unspecified atom stereocenters. The van der Waals surface area contributed by atoms with Crippen molar-refractivity contribution in [1.82, 2.24) is 5.32 Å². The Bertz CT molecular complexity index is 362. The third-order valence-corrected chi connectivity index (χ3v) is 3.09. The van der Waals surface area contributed by atoms with Crippen molar-refractivity contribution < 1.29 is 9.90 Å². The largest absolute Gasteiger partial charge is 0.480 e. The second-order valence-corrected chi connectivity index (χ2v) is 4.56. The standard InChI is InChI=1S/C14H21NO2/c1-4-10-15-14(11(2)3,13(16)17)12-8-6-5-7-9-12/h5-9,11,15H,4,10H2,1-3H3,(H,16,17). The first-order valence-electron chi connectivity index (χ1n) is 6.09. The maximum Gasteiger partial charge on any atom is 0.328 e. The molecule has 0 aromatic heterocycles. The van der Waals surface area contributed by atoms with Crippen LogP contribution < -0.4 is 5.32 Å². The maximum absolute atomic E-state index is 11.7. The van der Waals surface area contributed by atoms with Crippen LogP contribution in [0.3, 0.4) is 0 Å². The predicted molar refractivity (Wildman–Crippen MR) is 68.9 cm³/mol. The van der Waals surface area contributed by atoms with Crippen molar-refractivity contribution in [2.24, 2.45) is 5.92 Å². The minimum Gasteiger partial charge on any atom is -0.480 e. The zero-order valence-electron chi connectivity index (χ0n) is 10.7. The van der Waals surface area contributed by atoms with E-state index in [1.807, 2.05) is 51.1 Å². The van der Waals surface area contributed by atoms with Crippen LogP contribution in [0, 0.1) is 5.92 Å². The smallest absolute Gasteiger partial charge is 0.328 e. The highest BCUT2D eigenvalue weighted by atomic mass is 16.4. The normalized spacial score (nSPS) is 14.6. The van der Waals surface area contributed by atoms with Crippen molar-refractivity contribution >= 4 is 5.97 Å². The van der Waals surface area contributed by atoms with Gasteiger partial charge in [-0.05, 0) is 24.4 Å². The molecule has 1 atom stereocenters. The van der Waals surface area contributed by atoms with E-state index in [4.69, 9.17) is 0 Å². The molecule has 0 aliphatic rings. The van der Waals surface area contributed by atoms with Gasteiger partial charge in [0.2, 0.25) is 0 Å². The summed E-state index contributed by atoms with van der Waals surface area (Å²) in [5, 5.41) is 12.8. The van der Waals surface area contributed by atoms with Crippen LogP contribution >= 0.6 is 0 Å². The van der Waals surface area contributed by atoms with Gasteiger partial charge in [-0.1, -0.05) is 51.1 Å². The number of rotatable bonds is 6. The molecule has 1 aromatic rings. The van der Waals surface area contributed by atoms with Crippen molar-refractivity contribution in [3.63, 3.8) is 0 Å². The molecule has 0 fully saturated rings. The maximum atomic E-state index is 11.7. The number of hydrogen-bond acceptors (Lipinski definition) is 2. The first kappa shape index (κ1) is 13.7. The van der Waals surface area contributed by atoms with E-state index in [9.17, 15) is 9.90 Å². The summed E-state index contributed by atoms with van der Waals surface area (Å²) in [6.45, 7) is 6.60. The minimum absolute atomic E-state index is 0.0195. The van der Waals surface area contributed by atoms with Gasteiger partial charge in [-0.2, -0.15) is 0 Å². The van der Waals surface area contributed by atoms with Crippen LogP contribution in [0.15, 0.2) is 30.3 Å².